The molecule has 0 saturated heterocycles. The number of H-pyrrole nitrogens is 1. The molecule has 4 heterocycles. The molecule has 0 aromatic carbocycles. The van der Waals surface area contributed by atoms with Crippen molar-refractivity contribution in [1.82, 2.24) is 45.2 Å². The van der Waals surface area contributed by atoms with E-state index >= 15 is 0 Å². The van der Waals surface area contributed by atoms with Gasteiger partial charge in [0.25, 0.3) is 0 Å². The summed E-state index contributed by atoms with van der Waals surface area (Å²) in [6, 6.07) is 1.76. The topological polar surface area (TPSA) is 110 Å². The predicted octanol–water partition coefficient (Wildman–Crippen LogP) is -0.147. The van der Waals surface area contributed by atoms with Crippen molar-refractivity contribution in [3.63, 3.8) is 0 Å². The first-order chi connectivity index (χ1) is 8.92. The van der Waals surface area contributed by atoms with Crippen molar-refractivity contribution in [2.45, 2.75) is 0 Å². The van der Waals surface area contributed by atoms with Crippen LogP contribution in [0.3, 0.4) is 0 Å². The molecule has 0 aliphatic heterocycles. The second-order valence-electron chi connectivity index (χ2n) is 3.57. The Morgan fingerprint density at radius 2 is 2.22 bits per heavy atom. The van der Waals surface area contributed by atoms with Gasteiger partial charge in [0.05, 0.1) is 24.3 Å². The number of aromatic amines is 1. The minimum absolute atomic E-state index is 0.507. The Morgan fingerprint density at radius 1 is 1.22 bits per heavy atom. The monoisotopic (exact) mass is 239 g/mol. The van der Waals surface area contributed by atoms with Crippen LogP contribution >= 0.6 is 0 Å². The minimum Gasteiger partial charge on any atom is -0.342 e. The number of fused-ring (bicyclic) bond motifs is 2. The number of imidazole rings is 1. The largest absolute Gasteiger partial charge is 0.342 e. The smallest absolute Gasteiger partial charge is 0.210 e. The number of nitrogens with zero attached hydrogens (tertiary/aromatic N) is 8. The average molecular weight is 239 g/mol. The molecule has 86 valence electrons. The van der Waals surface area contributed by atoms with Gasteiger partial charge in [-0.2, -0.15) is 5.10 Å². The molecule has 0 unspecified atom stereocenters. The van der Waals surface area contributed by atoms with Crippen LogP contribution in [0.2, 0.25) is 0 Å². The highest BCUT2D eigenvalue weighted by Gasteiger charge is 2.11. The molecule has 9 nitrogen and oxygen atoms in total. The van der Waals surface area contributed by atoms with Gasteiger partial charge >= 0.3 is 0 Å². The quantitative estimate of drug-likeness (QED) is 0.491. The SMILES string of the molecule is c1cc(-c2ncc3[nH]cnc3n2)c2nnnn2n1. The van der Waals surface area contributed by atoms with Crippen molar-refractivity contribution < 1.29 is 0 Å². The van der Waals surface area contributed by atoms with Crippen LogP contribution in [0.15, 0.2) is 24.8 Å². The van der Waals surface area contributed by atoms with Crippen molar-refractivity contribution in [2.75, 3.05) is 0 Å². The summed E-state index contributed by atoms with van der Waals surface area (Å²) in [5.74, 6) is 0.511. The molecule has 4 aromatic rings. The molecule has 0 amide bonds. The van der Waals surface area contributed by atoms with Crippen molar-refractivity contribution in [3.8, 4) is 11.4 Å². The first-order valence-corrected chi connectivity index (χ1v) is 5.12. The molecule has 0 spiro atoms. The number of nitrogens with one attached hydrogen (secondary N) is 1. The molecule has 0 fully saturated rings. The Bertz CT molecular complexity index is 845. The number of tetrazole rings is 1. The van der Waals surface area contributed by atoms with Crippen molar-refractivity contribution in [3.05, 3.63) is 24.8 Å². The number of aromatic nitrogens is 9. The maximum atomic E-state index is 4.35. The molecule has 18 heavy (non-hydrogen) atoms. The zero-order valence-electron chi connectivity index (χ0n) is 8.89. The molecule has 0 aliphatic rings. The first kappa shape index (κ1) is 9.10. The fourth-order valence-corrected chi connectivity index (χ4v) is 1.71. The Balaban J connectivity index is 2.03. The van der Waals surface area contributed by atoms with Gasteiger partial charge in [0.15, 0.2) is 11.5 Å². The van der Waals surface area contributed by atoms with Crippen molar-refractivity contribution in [2.24, 2.45) is 0 Å². The molecule has 0 atom stereocenters. The van der Waals surface area contributed by atoms with E-state index in [4.69, 9.17) is 0 Å². The highest BCUT2D eigenvalue weighted by molar-refractivity contribution is 5.76. The van der Waals surface area contributed by atoms with Crippen molar-refractivity contribution in [1.29, 1.82) is 0 Å². The zero-order chi connectivity index (χ0) is 11.9. The van der Waals surface area contributed by atoms with Crippen LogP contribution < -0.4 is 0 Å². The standard InChI is InChI=1S/C9H5N9/c1-2-13-18-9(15-16-17-18)5(1)7-10-3-6-8(14-7)12-4-11-6/h1-4H,(H,10,11,12,14). The van der Waals surface area contributed by atoms with Gasteiger partial charge < -0.3 is 4.98 Å². The highest BCUT2D eigenvalue weighted by atomic mass is 15.6. The lowest BCUT2D eigenvalue weighted by Crippen LogP contribution is -1.97. The predicted molar refractivity (Wildman–Crippen MR) is 59.3 cm³/mol. The van der Waals surface area contributed by atoms with E-state index in [1.165, 1.54) is 4.63 Å². The Hall–Kier alpha value is -2.97. The van der Waals surface area contributed by atoms with E-state index < -0.39 is 0 Å². The van der Waals surface area contributed by atoms with Crippen LogP contribution in [0.4, 0.5) is 0 Å². The van der Waals surface area contributed by atoms with Crippen LogP contribution in [-0.4, -0.2) is 45.2 Å². The molecule has 1 N–H and O–H groups in total. The Morgan fingerprint density at radius 3 is 3.22 bits per heavy atom. The summed E-state index contributed by atoms with van der Waals surface area (Å²) in [7, 11) is 0. The summed E-state index contributed by atoms with van der Waals surface area (Å²) in [5.41, 5.74) is 2.60. The number of rotatable bonds is 1. The summed E-state index contributed by atoms with van der Waals surface area (Å²) in [5, 5.41) is 15.2. The van der Waals surface area contributed by atoms with Gasteiger partial charge in [0.1, 0.15) is 5.52 Å². The molecule has 4 rings (SSSR count). The Kier molecular flexibility index (Phi) is 1.65. The first-order valence-electron chi connectivity index (χ1n) is 5.12. The summed E-state index contributed by atoms with van der Waals surface area (Å²) in [6.07, 6.45) is 4.84. The van der Waals surface area contributed by atoms with Gasteiger partial charge in [-0.3, -0.25) is 0 Å². The average Bonchev–Trinajstić information content (AvgIpc) is 3.05. The van der Waals surface area contributed by atoms with Gasteiger partial charge in [-0.25, -0.2) is 15.0 Å². The fourth-order valence-electron chi connectivity index (χ4n) is 1.71. The summed E-state index contributed by atoms with van der Waals surface area (Å²) in [4.78, 5) is 15.6. The van der Waals surface area contributed by atoms with E-state index in [2.05, 4.69) is 40.6 Å². The van der Waals surface area contributed by atoms with E-state index in [-0.39, 0.29) is 0 Å². The summed E-state index contributed by atoms with van der Waals surface area (Å²) >= 11 is 0. The lowest BCUT2D eigenvalue weighted by Gasteiger charge is -1.99. The van der Waals surface area contributed by atoms with E-state index in [0.29, 0.717) is 22.7 Å². The van der Waals surface area contributed by atoms with Gasteiger partial charge in [0, 0.05) is 0 Å². The van der Waals surface area contributed by atoms with Crippen molar-refractivity contribution >= 4 is 16.8 Å². The summed E-state index contributed by atoms with van der Waals surface area (Å²) in [6.45, 7) is 0. The minimum atomic E-state index is 0.507. The second-order valence-corrected chi connectivity index (χ2v) is 3.57. The molecule has 0 radical (unpaired) electrons. The molecular formula is C9H5N9. The van der Waals surface area contributed by atoms with Gasteiger partial charge in [-0.15, -0.1) is 9.73 Å². The molecule has 4 aromatic heterocycles. The van der Waals surface area contributed by atoms with E-state index in [0.717, 1.165) is 5.52 Å². The third-order valence-corrected chi connectivity index (χ3v) is 2.53. The molecule has 9 heteroatoms. The zero-order valence-corrected chi connectivity index (χ0v) is 8.89. The van der Waals surface area contributed by atoms with E-state index in [1.54, 1.807) is 24.8 Å². The summed E-state index contributed by atoms with van der Waals surface area (Å²) < 4.78 is 1.33. The van der Waals surface area contributed by atoms with E-state index in [9.17, 15) is 0 Å². The maximum absolute atomic E-state index is 4.35. The van der Waals surface area contributed by atoms with Crippen LogP contribution in [0, 0.1) is 0 Å². The third kappa shape index (κ3) is 1.18. The normalized spacial score (nSPS) is 11.3. The molecular weight excluding hydrogens is 234 g/mol. The van der Waals surface area contributed by atoms with Crippen LogP contribution in [0.5, 0.6) is 0 Å². The third-order valence-electron chi connectivity index (χ3n) is 2.53. The lowest BCUT2D eigenvalue weighted by atomic mass is 10.3. The molecule has 0 saturated carbocycles. The van der Waals surface area contributed by atoms with Gasteiger partial charge in [0.2, 0.25) is 5.65 Å². The number of hydrogen-bond donors (Lipinski definition) is 1. The highest BCUT2D eigenvalue weighted by Crippen LogP contribution is 2.18. The number of hydrogen-bond acceptors (Lipinski definition) is 7. The van der Waals surface area contributed by atoms with Gasteiger partial charge in [-0.05, 0) is 16.5 Å². The Labute approximate surface area is 98.9 Å². The van der Waals surface area contributed by atoms with Gasteiger partial charge in [-0.1, -0.05) is 0 Å². The second kappa shape index (κ2) is 3.26. The fraction of sp³-hybridized carbons (Fsp3) is 0. The van der Waals surface area contributed by atoms with Crippen LogP contribution in [0.1, 0.15) is 0 Å². The van der Waals surface area contributed by atoms with Crippen LogP contribution in [0.25, 0.3) is 28.2 Å². The van der Waals surface area contributed by atoms with E-state index in [1.807, 2.05) is 0 Å². The molecule has 0 aliphatic carbocycles. The lowest BCUT2D eigenvalue weighted by molar-refractivity contribution is 0.733. The van der Waals surface area contributed by atoms with Crippen LogP contribution in [-0.2, 0) is 0 Å². The molecule has 0 bridgehead atoms. The maximum Gasteiger partial charge on any atom is 0.210 e.